The van der Waals surface area contributed by atoms with Gasteiger partial charge in [-0.1, -0.05) is 0 Å². The van der Waals surface area contributed by atoms with Crippen molar-refractivity contribution in [2.45, 2.75) is 18.9 Å². The zero-order valence-corrected chi connectivity index (χ0v) is 8.15. The van der Waals surface area contributed by atoms with Crippen LogP contribution in [0.5, 0.6) is 5.75 Å². The molecule has 3 heteroatoms. The van der Waals surface area contributed by atoms with Crippen LogP contribution in [0.25, 0.3) is 0 Å². The van der Waals surface area contributed by atoms with Crippen molar-refractivity contribution >= 4 is 5.69 Å². The molecule has 1 heterocycles. The Kier molecular flexibility index (Phi) is 2.89. The van der Waals surface area contributed by atoms with E-state index in [0.29, 0.717) is 6.10 Å². The molecule has 0 spiro atoms. The third-order valence-corrected chi connectivity index (χ3v) is 2.40. The molecular weight excluding hydrogens is 176 g/mol. The van der Waals surface area contributed by atoms with Crippen LogP contribution in [-0.2, 0) is 0 Å². The molecule has 0 saturated carbocycles. The summed E-state index contributed by atoms with van der Waals surface area (Å²) in [7, 11) is 0. The maximum absolute atomic E-state index is 5.79. The molecule has 75 valence electrons. The summed E-state index contributed by atoms with van der Waals surface area (Å²) in [5.74, 6) is 0.908. The number of nitrogen functional groups attached to an aromatic ring is 1. The van der Waals surface area contributed by atoms with Gasteiger partial charge in [-0.15, -0.1) is 0 Å². The number of benzene rings is 1. The highest BCUT2D eigenvalue weighted by Gasteiger charge is 2.14. The summed E-state index contributed by atoms with van der Waals surface area (Å²) in [4.78, 5) is 0. The average Bonchev–Trinajstić information content (AvgIpc) is 2.23. The normalized spacial score (nSPS) is 18.0. The second-order valence-electron chi connectivity index (χ2n) is 3.56. The van der Waals surface area contributed by atoms with E-state index in [0.717, 1.165) is 37.4 Å². The van der Waals surface area contributed by atoms with Gasteiger partial charge in [0.2, 0.25) is 0 Å². The smallest absolute Gasteiger partial charge is 0.119 e. The van der Waals surface area contributed by atoms with E-state index in [-0.39, 0.29) is 0 Å². The summed E-state index contributed by atoms with van der Waals surface area (Å²) in [5, 5.41) is 4.28. The number of ether oxygens (including phenoxy) is 1. The first-order valence-electron chi connectivity index (χ1n) is 5.00. The van der Waals surface area contributed by atoms with Crippen LogP contribution in [0.3, 0.4) is 0 Å². The standard InChI is InChI=1S/C11H15N2O/c12-9-1-3-10(4-2-9)14-11-5-7-13-8-6-11/h1-4,11H,5-8,12H2. The van der Waals surface area contributed by atoms with Gasteiger partial charge in [-0.3, -0.25) is 0 Å². The van der Waals surface area contributed by atoms with Gasteiger partial charge < -0.3 is 10.5 Å². The molecule has 1 saturated heterocycles. The summed E-state index contributed by atoms with van der Waals surface area (Å²) >= 11 is 0. The highest BCUT2D eigenvalue weighted by atomic mass is 16.5. The SMILES string of the molecule is Nc1ccc(OC2CC[N]CC2)cc1. The first-order valence-corrected chi connectivity index (χ1v) is 5.00. The average molecular weight is 191 g/mol. The summed E-state index contributed by atoms with van der Waals surface area (Å²) in [6, 6.07) is 7.56. The van der Waals surface area contributed by atoms with E-state index in [2.05, 4.69) is 5.32 Å². The van der Waals surface area contributed by atoms with Crippen LogP contribution in [0, 0.1) is 0 Å². The zero-order valence-electron chi connectivity index (χ0n) is 8.15. The maximum atomic E-state index is 5.79. The largest absolute Gasteiger partial charge is 0.490 e. The van der Waals surface area contributed by atoms with Crippen LogP contribution in [0.1, 0.15) is 12.8 Å². The molecule has 1 aliphatic heterocycles. The van der Waals surface area contributed by atoms with Crippen molar-refractivity contribution in [3.63, 3.8) is 0 Å². The van der Waals surface area contributed by atoms with Gasteiger partial charge in [-0.05, 0) is 37.1 Å². The molecule has 0 aromatic heterocycles. The number of nitrogens with zero attached hydrogens (tertiary/aromatic N) is 1. The van der Waals surface area contributed by atoms with Gasteiger partial charge in [0.15, 0.2) is 0 Å². The summed E-state index contributed by atoms with van der Waals surface area (Å²) in [6.45, 7) is 1.86. The Balaban J connectivity index is 1.92. The van der Waals surface area contributed by atoms with Crippen LogP contribution in [0.2, 0.25) is 0 Å². The summed E-state index contributed by atoms with van der Waals surface area (Å²) < 4.78 is 5.79. The molecule has 0 aliphatic carbocycles. The minimum absolute atomic E-state index is 0.330. The lowest BCUT2D eigenvalue weighted by Gasteiger charge is -2.22. The number of hydrogen-bond donors (Lipinski definition) is 1. The highest BCUT2D eigenvalue weighted by molar-refractivity contribution is 5.41. The molecule has 0 bridgehead atoms. The monoisotopic (exact) mass is 191 g/mol. The van der Waals surface area contributed by atoms with Crippen molar-refractivity contribution in [1.29, 1.82) is 0 Å². The van der Waals surface area contributed by atoms with E-state index in [9.17, 15) is 0 Å². The van der Waals surface area contributed by atoms with Crippen molar-refractivity contribution in [1.82, 2.24) is 5.32 Å². The minimum atomic E-state index is 0.330. The predicted molar refractivity (Wildman–Crippen MR) is 56.4 cm³/mol. The minimum Gasteiger partial charge on any atom is -0.490 e. The van der Waals surface area contributed by atoms with E-state index in [4.69, 9.17) is 10.5 Å². The van der Waals surface area contributed by atoms with Crippen molar-refractivity contribution in [2.75, 3.05) is 18.8 Å². The lowest BCUT2D eigenvalue weighted by atomic mass is 10.1. The van der Waals surface area contributed by atoms with Gasteiger partial charge >= 0.3 is 0 Å². The maximum Gasteiger partial charge on any atom is 0.119 e. The van der Waals surface area contributed by atoms with Crippen LogP contribution < -0.4 is 15.8 Å². The molecule has 2 rings (SSSR count). The van der Waals surface area contributed by atoms with Gasteiger partial charge in [0.05, 0.1) is 0 Å². The van der Waals surface area contributed by atoms with E-state index in [1.54, 1.807) is 0 Å². The Morgan fingerprint density at radius 3 is 2.43 bits per heavy atom. The molecule has 0 amide bonds. The Bertz CT molecular complexity index is 278. The van der Waals surface area contributed by atoms with Gasteiger partial charge in [-0.2, -0.15) is 0 Å². The number of rotatable bonds is 2. The van der Waals surface area contributed by atoms with Crippen molar-refractivity contribution in [2.24, 2.45) is 0 Å². The van der Waals surface area contributed by atoms with Crippen LogP contribution in [-0.4, -0.2) is 19.2 Å². The molecular formula is C11H15N2O. The van der Waals surface area contributed by atoms with Crippen LogP contribution in [0.15, 0.2) is 24.3 Å². The molecule has 1 fully saturated rings. The molecule has 1 aromatic rings. The van der Waals surface area contributed by atoms with Crippen molar-refractivity contribution < 1.29 is 4.74 Å². The summed E-state index contributed by atoms with van der Waals surface area (Å²) in [6.07, 6.45) is 2.39. The van der Waals surface area contributed by atoms with E-state index >= 15 is 0 Å². The quantitative estimate of drug-likeness (QED) is 0.718. The van der Waals surface area contributed by atoms with E-state index in [1.807, 2.05) is 24.3 Å². The molecule has 1 radical (unpaired) electrons. The second kappa shape index (κ2) is 4.33. The topological polar surface area (TPSA) is 49.4 Å². The van der Waals surface area contributed by atoms with E-state index < -0.39 is 0 Å². The Morgan fingerprint density at radius 2 is 1.79 bits per heavy atom. The molecule has 0 unspecified atom stereocenters. The lowest BCUT2D eigenvalue weighted by Crippen LogP contribution is -2.30. The fourth-order valence-corrected chi connectivity index (χ4v) is 1.58. The molecule has 1 aromatic carbocycles. The van der Waals surface area contributed by atoms with Crippen molar-refractivity contribution in [3.8, 4) is 5.75 Å². The summed E-state index contributed by atoms with van der Waals surface area (Å²) in [5.41, 5.74) is 6.36. The second-order valence-corrected chi connectivity index (χ2v) is 3.56. The lowest BCUT2D eigenvalue weighted by molar-refractivity contribution is 0.161. The Morgan fingerprint density at radius 1 is 1.14 bits per heavy atom. The zero-order chi connectivity index (χ0) is 9.80. The Labute approximate surface area is 84.3 Å². The van der Waals surface area contributed by atoms with Crippen LogP contribution in [0.4, 0.5) is 5.69 Å². The number of nitrogens with two attached hydrogens (primary N) is 1. The first-order chi connectivity index (χ1) is 6.84. The molecule has 2 N–H and O–H groups in total. The fraction of sp³-hybridized carbons (Fsp3) is 0.455. The third kappa shape index (κ3) is 2.39. The third-order valence-electron chi connectivity index (χ3n) is 2.40. The van der Waals surface area contributed by atoms with E-state index in [1.165, 1.54) is 0 Å². The van der Waals surface area contributed by atoms with Gasteiger partial charge in [0.1, 0.15) is 11.9 Å². The number of anilines is 1. The van der Waals surface area contributed by atoms with Gasteiger partial charge in [0, 0.05) is 18.8 Å². The molecule has 3 nitrogen and oxygen atoms in total. The Hall–Kier alpha value is -1.22. The number of piperidine rings is 1. The van der Waals surface area contributed by atoms with Gasteiger partial charge in [-0.25, -0.2) is 5.32 Å². The highest BCUT2D eigenvalue weighted by Crippen LogP contribution is 2.18. The first kappa shape index (κ1) is 9.34. The van der Waals surface area contributed by atoms with Gasteiger partial charge in [0.25, 0.3) is 0 Å². The molecule has 1 aliphatic rings. The fourth-order valence-electron chi connectivity index (χ4n) is 1.58. The number of hydrogen-bond acceptors (Lipinski definition) is 2. The predicted octanol–water partition coefficient (Wildman–Crippen LogP) is 1.41. The molecule has 14 heavy (non-hydrogen) atoms. The molecule has 0 atom stereocenters. The van der Waals surface area contributed by atoms with Crippen LogP contribution >= 0.6 is 0 Å². The van der Waals surface area contributed by atoms with Crippen molar-refractivity contribution in [3.05, 3.63) is 24.3 Å².